The lowest BCUT2D eigenvalue weighted by molar-refractivity contribution is -0.0654. The van der Waals surface area contributed by atoms with Gasteiger partial charge in [0.2, 0.25) is 11.1 Å². The Balaban J connectivity index is 1.58. The molecule has 3 unspecified atom stereocenters. The normalized spacial score (nSPS) is 26.4. The zero-order chi connectivity index (χ0) is 28.7. The Bertz CT molecular complexity index is 1620. The Morgan fingerprint density at radius 2 is 1.77 bits per heavy atom. The first-order valence-electron chi connectivity index (χ1n) is 15.0. The number of rotatable bonds is 7. The second-order valence-electron chi connectivity index (χ2n) is 11.2. The number of likely N-dealkylation sites (tertiary alicyclic amines) is 1. The van der Waals surface area contributed by atoms with Crippen LogP contribution in [0.25, 0.3) is 0 Å². The lowest BCUT2D eigenvalue weighted by Crippen LogP contribution is -2.70. The second kappa shape index (κ2) is 11.0. The fraction of sp³-hybridized carbons (Fsp3) is 0.344. The summed E-state index contributed by atoms with van der Waals surface area (Å²) in [7, 11) is 0. The van der Waals surface area contributed by atoms with Gasteiger partial charge in [0.15, 0.2) is 5.66 Å². The molecule has 0 radical (unpaired) electrons. The third-order valence-electron chi connectivity index (χ3n) is 9.06. The zero-order valence-corrected chi connectivity index (χ0v) is 25.5. The van der Waals surface area contributed by atoms with Crippen LogP contribution in [0.4, 0.5) is 11.1 Å². The van der Waals surface area contributed by atoms with Gasteiger partial charge in [0.05, 0.1) is 12.0 Å². The molecule has 0 aliphatic carbocycles. The maximum atomic E-state index is 6.46. The standard InChI is InChI=1S/C32H34N8OS2/c1-3-18-37(19-4-1)31(27-13-9-23-42-27)28(25-11-8-22-41-25)39(29-34-15-10-16-35-29)40(30-36-17-24-43-30)32(31,26-12-7-14-33-26)38-20-5-2-6-21-38/h3,7-18,22-24,28,33H,1-2,4-6,19-21H2. The summed E-state index contributed by atoms with van der Waals surface area (Å²) in [5.41, 5.74) is -0.381. The SMILES string of the molecule is C1=CN(C2(c3cccs3)C(c3ccco3)N(c3ncccn3)N(c3nccs3)C2(c2ccc[nH]2)N2CCCCC2)CCC1. The fourth-order valence-electron chi connectivity index (χ4n) is 7.62. The average molecular weight is 611 g/mol. The van der Waals surface area contributed by atoms with Crippen molar-refractivity contribution in [1.29, 1.82) is 0 Å². The van der Waals surface area contributed by atoms with Crippen molar-refractivity contribution in [2.75, 3.05) is 29.7 Å². The second-order valence-corrected chi connectivity index (χ2v) is 13.0. The summed E-state index contributed by atoms with van der Waals surface area (Å²) < 4.78 is 6.46. The van der Waals surface area contributed by atoms with Crippen molar-refractivity contribution in [3.8, 4) is 0 Å². The van der Waals surface area contributed by atoms with Gasteiger partial charge in [-0.25, -0.2) is 25.0 Å². The van der Waals surface area contributed by atoms with Gasteiger partial charge in [0, 0.05) is 54.7 Å². The molecule has 3 aliphatic rings. The van der Waals surface area contributed by atoms with E-state index in [-0.39, 0.29) is 6.04 Å². The number of aromatic nitrogens is 4. The molecule has 0 amide bonds. The van der Waals surface area contributed by atoms with E-state index >= 15 is 0 Å². The molecule has 0 aromatic carbocycles. The van der Waals surface area contributed by atoms with E-state index in [1.165, 1.54) is 11.3 Å². The molecule has 8 heterocycles. The monoisotopic (exact) mass is 610 g/mol. The number of thiophene rings is 1. The summed E-state index contributed by atoms with van der Waals surface area (Å²) in [4.78, 5) is 25.1. The first-order valence-corrected chi connectivity index (χ1v) is 16.8. The Morgan fingerprint density at radius 1 is 0.860 bits per heavy atom. The topological polar surface area (TPSA) is 80.6 Å². The number of nitrogens with zero attached hydrogens (tertiary/aromatic N) is 7. The van der Waals surface area contributed by atoms with Crippen LogP contribution in [0.3, 0.4) is 0 Å². The van der Waals surface area contributed by atoms with E-state index in [9.17, 15) is 0 Å². The van der Waals surface area contributed by atoms with E-state index in [1.807, 2.05) is 30.7 Å². The van der Waals surface area contributed by atoms with Crippen molar-refractivity contribution in [2.45, 2.75) is 49.3 Å². The van der Waals surface area contributed by atoms with E-state index in [2.05, 4.69) is 84.4 Å². The third-order valence-corrected chi connectivity index (χ3v) is 10.8. The average Bonchev–Trinajstić information content (AvgIpc) is 3.91. The number of aromatic amines is 1. The molecule has 220 valence electrons. The number of piperidine rings is 1. The van der Waals surface area contributed by atoms with Gasteiger partial charge in [-0.2, -0.15) is 0 Å². The maximum absolute atomic E-state index is 6.46. The smallest absolute Gasteiger partial charge is 0.245 e. The van der Waals surface area contributed by atoms with Gasteiger partial charge in [-0.05, 0) is 73.7 Å². The third kappa shape index (κ3) is 3.87. The van der Waals surface area contributed by atoms with E-state index in [1.54, 1.807) is 28.9 Å². The molecule has 5 aromatic heterocycles. The minimum atomic E-state index is -0.780. The fourth-order valence-corrected chi connectivity index (χ4v) is 9.32. The highest BCUT2D eigenvalue weighted by atomic mass is 32.1. The van der Waals surface area contributed by atoms with Crippen molar-refractivity contribution >= 4 is 33.8 Å². The number of anilines is 2. The van der Waals surface area contributed by atoms with Gasteiger partial charge in [-0.15, -0.1) is 22.7 Å². The molecule has 0 spiro atoms. The summed E-state index contributed by atoms with van der Waals surface area (Å²) in [6.45, 7) is 2.79. The van der Waals surface area contributed by atoms with Crippen LogP contribution in [0.5, 0.6) is 0 Å². The van der Waals surface area contributed by atoms with E-state index in [0.29, 0.717) is 5.95 Å². The van der Waals surface area contributed by atoms with Crippen LogP contribution < -0.4 is 10.0 Å². The van der Waals surface area contributed by atoms with Crippen LogP contribution in [0.2, 0.25) is 0 Å². The van der Waals surface area contributed by atoms with E-state index < -0.39 is 11.2 Å². The predicted molar refractivity (Wildman–Crippen MR) is 170 cm³/mol. The van der Waals surface area contributed by atoms with Crippen LogP contribution >= 0.6 is 22.7 Å². The minimum Gasteiger partial charge on any atom is -0.467 e. The summed E-state index contributed by atoms with van der Waals surface area (Å²) in [6.07, 6.45) is 19.6. The van der Waals surface area contributed by atoms with Crippen LogP contribution in [-0.4, -0.2) is 49.4 Å². The molecule has 3 aliphatic heterocycles. The van der Waals surface area contributed by atoms with Crippen LogP contribution in [0.15, 0.2) is 101 Å². The first kappa shape index (κ1) is 26.7. The molecule has 11 heteroatoms. The van der Waals surface area contributed by atoms with Gasteiger partial charge in [-0.3, -0.25) is 4.90 Å². The number of allylic oxidation sites excluding steroid dienone is 1. The van der Waals surface area contributed by atoms with E-state index in [4.69, 9.17) is 19.4 Å². The molecule has 1 N–H and O–H groups in total. The van der Waals surface area contributed by atoms with Crippen molar-refractivity contribution in [2.24, 2.45) is 0 Å². The van der Waals surface area contributed by atoms with Gasteiger partial charge < -0.3 is 14.3 Å². The van der Waals surface area contributed by atoms with Crippen LogP contribution in [-0.2, 0) is 11.2 Å². The van der Waals surface area contributed by atoms with Crippen molar-refractivity contribution in [1.82, 2.24) is 29.7 Å². The first-order chi connectivity index (χ1) is 21.4. The Hall–Kier alpha value is -3.93. The maximum Gasteiger partial charge on any atom is 0.245 e. The minimum absolute atomic E-state index is 0.347. The molecular weight excluding hydrogens is 577 g/mol. The summed E-state index contributed by atoms with van der Waals surface area (Å²) in [6, 6.07) is 14.5. The van der Waals surface area contributed by atoms with Crippen molar-refractivity contribution < 1.29 is 4.42 Å². The van der Waals surface area contributed by atoms with Crippen molar-refractivity contribution in [3.05, 3.63) is 113 Å². The molecular formula is C32H34N8OS2. The predicted octanol–water partition coefficient (Wildman–Crippen LogP) is 6.74. The van der Waals surface area contributed by atoms with Crippen LogP contribution in [0, 0.1) is 0 Å². The number of thiazole rings is 1. The number of H-pyrrole nitrogens is 1. The van der Waals surface area contributed by atoms with Gasteiger partial charge >= 0.3 is 0 Å². The molecule has 8 rings (SSSR count). The highest BCUT2D eigenvalue weighted by Crippen LogP contribution is 2.67. The van der Waals surface area contributed by atoms with Crippen molar-refractivity contribution in [3.63, 3.8) is 0 Å². The van der Waals surface area contributed by atoms with Gasteiger partial charge in [-0.1, -0.05) is 18.6 Å². The number of hydrazine groups is 1. The molecule has 0 bridgehead atoms. The Morgan fingerprint density at radius 3 is 2.44 bits per heavy atom. The Kier molecular flexibility index (Phi) is 6.80. The number of hydrogen-bond donors (Lipinski definition) is 1. The molecule has 2 fully saturated rings. The zero-order valence-electron chi connectivity index (χ0n) is 23.8. The lowest BCUT2D eigenvalue weighted by atomic mass is 9.71. The molecule has 5 aromatic rings. The number of nitrogens with one attached hydrogen (secondary N) is 1. The molecule has 2 saturated heterocycles. The van der Waals surface area contributed by atoms with Gasteiger partial charge in [0.25, 0.3) is 0 Å². The summed E-state index contributed by atoms with van der Waals surface area (Å²) in [5, 5.41) is 9.82. The highest BCUT2D eigenvalue weighted by Gasteiger charge is 2.77. The number of hydrogen-bond acceptors (Lipinski definition) is 10. The quantitative estimate of drug-likeness (QED) is 0.217. The Labute approximate surface area is 259 Å². The highest BCUT2D eigenvalue weighted by molar-refractivity contribution is 7.13. The summed E-state index contributed by atoms with van der Waals surface area (Å²) >= 11 is 3.44. The molecule has 3 atom stereocenters. The lowest BCUT2D eigenvalue weighted by Gasteiger charge is -2.58. The van der Waals surface area contributed by atoms with Gasteiger partial charge in [0.1, 0.15) is 17.3 Å². The molecule has 43 heavy (non-hydrogen) atoms. The largest absolute Gasteiger partial charge is 0.467 e. The molecule has 0 saturated carbocycles. The summed E-state index contributed by atoms with van der Waals surface area (Å²) in [5.74, 6) is 1.46. The van der Waals surface area contributed by atoms with E-state index in [0.717, 1.165) is 61.9 Å². The van der Waals surface area contributed by atoms with Crippen LogP contribution in [0.1, 0.15) is 54.5 Å². The molecule has 9 nitrogen and oxygen atoms in total. The number of furan rings is 1.